The molecule has 1 aromatic rings. The number of carbonyl (C=O) groups is 1. The minimum atomic E-state index is -5.16. The zero-order chi connectivity index (χ0) is 20.4. The minimum absolute atomic E-state index is 0.0868. The van der Waals surface area contributed by atoms with Gasteiger partial charge in [-0.3, -0.25) is 0 Å². The summed E-state index contributed by atoms with van der Waals surface area (Å²) in [5, 5.41) is 0. The maximum Gasteiger partial charge on any atom is 0.446 e. The van der Waals surface area contributed by atoms with E-state index in [4.69, 9.17) is 4.74 Å². The molecule has 1 atom stereocenters. The summed E-state index contributed by atoms with van der Waals surface area (Å²) in [7, 11) is 0. The van der Waals surface area contributed by atoms with Gasteiger partial charge in [-0.25, -0.2) is 9.18 Å². The second-order valence-corrected chi connectivity index (χ2v) is 6.36. The zero-order valence-electron chi connectivity index (χ0n) is 15.1. The molecule has 0 radical (unpaired) electrons. The normalized spacial score (nSPS) is 22.8. The maximum absolute atomic E-state index is 14.0. The van der Waals surface area contributed by atoms with Crippen molar-refractivity contribution >= 4 is 17.9 Å². The highest BCUT2D eigenvalue weighted by Gasteiger charge is 2.65. The van der Waals surface area contributed by atoms with Crippen LogP contribution in [0.5, 0.6) is 0 Å². The predicted molar refractivity (Wildman–Crippen MR) is 92.3 cm³/mol. The molecule has 152 valence electrons. The number of ether oxygens (including phenoxy) is 2. The number of nitrogens with zero attached hydrogens (tertiary/aromatic N) is 3. The number of likely N-dealkylation sites (tertiary alicyclic amines) is 1. The van der Waals surface area contributed by atoms with Crippen LogP contribution in [0.4, 0.5) is 17.6 Å². The minimum Gasteiger partial charge on any atom is -0.462 e. The van der Waals surface area contributed by atoms with Crippen molar-refractivity contribution < 1.29 is 31.8 Å². The second kappa shape index (κ2) is 7.76. The molecule has 28 heavy (non-hydrogen) atoms. The van der Waals surface area contributed by atoms with Gasteiger partial charge in [-0.1, -0.05) is 0 Å². The molecule has 0 aromatic heterocycles. The van der Waals surface area contributed by atoms with Crippen molar-refractivity contribution in [3.63, 3.8) is 0 Å². The molecule has 0 bridgehead atoms. The molecule has 2 aliphatic rings. The second-order valence-electron chi connectivity index (χ2n) is 6.36. The molecule has 10 heteroatoms. The summed E-state index contributed by atoms with van der Waals surface area (Å²) in [4.78, 5) is 21.0. The van der Waals surface area contributed by atoms with Crippen molar-refractivity contribution in [2.24, 2.45) is 9.98 Å². The van der Waals surface area contributed by atoms with Crippen molar-refractivity contribution in [2.75, 3.05) is 19.7 Å². The Kier molecular flexibility index (Phi) is 5.57. The SMILES string of the molecule is CCOC(=O)[C@@]1(C(F)(F)F)N=C(c2ccc(F)cc2)OC(N2CCCCC2)=N1. The molecular weight excluding hydrogens is 382 g/mol. The molecule has 0 saturated carbocycles. The van der Waals surface area contributed by atoms with Crippen molar-refractivity contribution in [1.82, 2.24) is 4.90 Å². The number of halogens is 4. The van der Waals surface area contributed by atoms with Crippen LogP contribution in [0.25, 0.3) is 0 Å². The number of carbonyl (C=O) groups excluding carboxylic acids is 1. The van der Waals surface area contributed by atoms with Crippen molar-refractivity contribution in [3.8, 4) is 0 Å². The van der Waals surface area contributed by atoms with E-state index in [1.165, 1.54) is 19.1 Å². The van der Waals surface area contributed by atoms with Crippen LogP contribution >= 0.6 is 0 Å². The van der Waals surface area contributed by atoms with E-state index in [1.54, 1.807) is 4.90 Å². The zero-order valence-corrected chi connectivity index (χ0v) is 15.1. The first kappa shape index (κ1) is 20.1. The summed E-state index contributed by atoms with van der Waals surface area (Å²) in [6.07, 6.45) is -2.71. The van der Waals surface area contributed by atoms with E-state index < -0.39 is 29.5 Å². The average Bonchev–Trinajstić information content (AvgIpc) is 2.68. The van der Waals surface area contributed by atoms with E-state index in [9.17, 15) is 22.4 Å². The molecule has 2 heterocycles. The summed E-state index contributed by atoms with van der Waals surface area (Å²) in [6.45, 7) is 1.99. The molecule has 1 fully saturated rings. The molecule has 6 nitrogen and oxygen atoms in total. The van der Waals surface area contributed by atoms with Gasteiger partial charge in [0.15, 0.2) is 0 Å². The molecule has 1 saturated heterocycles. The van der Waals surface area contributed by atoms with Gasteiger partial charge in [0.2, 0.25) is 5.90 Å². The maximum atomic E-state index is 14.0. The topological polar surface area (TPSA) is 63.5 Å². The quantitative estimate of drug-likeness (QED) is 0.576. The third-order valence-electron chi connectivity index (χ3n) is 4.38. The number of hydrogen-bond acceptors (Lipinski definition) is 6. The number of aliphatic imine (C=N–C) groups is 2. The van der Waals surface area contributed by atoms with Crippen LogP contribution in [0, 0.1) is 5.82 Å². The first-order valence-corrected chi connectivity index (χ1v) is 8.89. The van der Waals surface area contributed by atoms with Gasteiger partial charge in [-0.15, -0.1) is 0 Å². The first-order chi connectivity index (χ1) is 13.3. The Bertz CT molecular complexity index is 786. The van der Waals surface area contributed by atoms with E-state index >= 15 is 0 Å². The Morgan fingerprint density at radius 3 is 2.39 bits per heavy atom. The Hall–Kier alpha value is -2.65. The van der Waals surface area contributed by atoms with Crippen LogP contribution in [0.3, 0.4) is 0 Å². The smallest absolute Gasteiger partial charge is 0.446 e. The number of piperidine rings is 1. The predicted octanol–water partition coefficient (Wildman–Crippen LogP) is 3.27. The van der Waals surface area contributed by atoms with Gasteiger partial charge >= 0.3 is 17.8 Å². The Morgan fingerprint density at radius 2 is 1.82 bits per heavy atom. The van der Waals surface area contributed by atoms with Crippen molar-refractivity contribution in [3.05, 3.63) is 35.6 Å². The lowest BCUT2D eigenvalue weighted by Crippen LogP contribution is -2.55. The van der Waals surface area contributed by atoms with E-state index in [-0.39, 0.29) is 18.2 Å². The molecule has 0 N–H and O–H groups in total. The molecular formula is C18H19F4N3O3. The van der Waals surface area contributed by atoms with E-state index in [0.717, 1.165) is 31.4 Å². The Labute approximate surface area is 158 Å². The highest BCUT2D eigenvalue weighted by molar-refractivity contribution is 6.05. The van der Waals surface area contributed by atoms with Crippen molar-refractivity contribution in [1.29, 1.82) is 0 Å². The lowest BCUT2D eigenvalue weighted by atomic mass is 10.1. The summed E-state index contributed by atoms with van der Waals surface area (Å²) >= 11 is 0. The highest BCUT2D eigenvalue weighted by Crippen LogP contribution is 2.39. The van der Waals surface area contributed by atoms with Crippen LogP contribution in [0.2, 0.25) is 0 Å². The van der Waals surface area contributed by atoms with Crippen LogP contribution < -0.4 is 0 Å². The molecule has 0 spiro atoms. The fourth-order valence-corrected chi connectivity index (χ4v) is 2.94. The summed E-state index contributed by atoms with van der Waals surface area (Å²) < 4.78 is 65.4. The molecule has 0 unspecified atom stereocenters. The Morgan fingerprint density at radius 1 is 1.18 bits per heavy atom. The van der Waals surface area contributed by atoms with Crippen LogP contribution in [0.15, 0.2) is 34.3 Å². The number of benzene rings is 1. The number of rotatable bonds is 3. The summed E-state index contributed by atoms with van der Waals surface area (Å²) in [5.74, 6) is -2.68. The van der Waals surface area contributed by atoms with Gasteiger partial charge in [-0.2, -0.15) is 23.2 Å². The van der Waals surface area contributed by atoms with E-state index in [2.05, 4.69) is 14.7 Å². The summed E-state index contributed by atoms with van der Waals surface area (Å²) in [5.41, 5.74) is -3.39. The number of alkyl halides is 3. The number of amidine groups is 1. The molecule has 0 aliphatic carbocycles. The van der Waals surface area contributed by atoms with E-state index in [1.807, 2.05) is 0 Å². The van der Waals surface area contributed by atoms with Crippen LogP contribution in [0.1, 0.15) is 31.7 Å². The monoisotopic (exact) mass is 401 g/mol. The van der Waals surface area contributed by atoms with Crippen LogP contribution in [-0.4, -0.2) is 54.3 Å². The third-order valence-corrected chi connectivity index (χ3v) is 4.38. The van der Waals surface area contributed by atoms with Gasteiger partial charge < -0.3 is 14.4 Å². The fraction of sp³-hybridized carbons (Fsp3) is 0.500. The third kappa shape index (κ3) is 3.81. The highest BCUT2D eigenvalue weighted by atomic mass is 19.4. The molecule has 3 rings (SSSR count). The lowest BCUT2D eigenvalue weighted by molar-refractivity contribution is -0.204. The van der Waals surface area contributed by atoms with Crippen LogP contribution in [-0.2, 0) is 14.3 Å². The standard InChI is InChI=1S/C18H19F4N3O3/c1-2-27-15(26)17(18(20,21)22)23-14(12-6-8-13(19)9-7-12)28-16(24-17)25-10-4-3-5-11-25/h6-9H,2-5,10-11H2,1H3/t17-/m1/s1. The van der Waals surface area contributed by atoms with Gasteiger partial charge in [0, 0.05) is 18.7 Å². The Balaban J connectivity index is 2.12. The lowest BCUT2D eigenvalue weighted by Gasteiger charge is -2.35. The number of esters is 1. The van der Waals surface area contributed by atoms with Gasteiger partial charge in [0.25, 0.3) is 6.02 Å². The molecule has 0 amide bonds. The van der Waals surface area contributed by atoms with E-state index in [0.29, 0.717) is 13.1 Å². The van der Waals surface area contributed by atoms with Crippen molar-refractivity contribution in [2.45, 2.75) is 38.0 Å². The molecule has 2 aliphatic heterocycles. The van der Waals surface area contributed by atoms with Gasteiger partial charge in [0.05, 0.1) is 6.61 Å². The largest absolute Gasteiger partial charge is 0.462 e. The number of hydrogen-bond donors (Lipinski definition) is 0. The summed E-state index contributed by atoms with van der Waals surface area (Å²) in [6, 6.07) is 4.22. The fourth-order valence-electron chi connectivity index (χ4n) is 2.94. The molecule has 1 aromatic carbocycles. The van der Waals surface area contributed by atoms with Gasteiger partial charge in [0.1, 0.15) is 5.82 Å². The average molecular weight is 401 g/mol. The van der Waals surface area contributed by atoms with Gasteiger partial charge in [-0.05, 0) is 50.5 Å². The first-order valence-electron chi connectivity index (χ1n) is 8.89.